The molecule has 1 aliphatic heterocycles. The molecule has 0 bridgehead atoms. The smallest absolute Gasteiger partial charge is 0.101 e. The van der Waals surface area contributed by atoms with Gasteiger partial charge in [0.2, 0.25) is 0 Å². The first-order valence-electron chi connectivity index (χ1n) is 25.0. The summed E-state index contributed by atoms with van der Waals surface area (Å²) in [6.07, 6.45) is 66.4. The van der Waals surface area contributed by atoms with Crippen molar-refractivity contribution in [2.75, 3.05) is 13.1 Å². The first-order chi connectivity index (χ1) is 25.8. The van der Waals surface area contributed by atoms with Crippen molar-refractivity contribution < 1.29 is 0 Å². The van der Waals surface area contributed by atoms with Crippen molar-refractivity contribution in [3.63, 3.8) is 0 Å². The fraction of sp³-hybridized carbons (Fsp3) is 0.960. The van der Waals surface area contributed by atoms with Crippen LogP contribution in [0.5, 0.6) is 0 Å². The lowest BCUT2D eigenvalue weighted by Crippen LogP contribution is -2.39. The highest BCUT2D eigenvalue weighted by Crippen LogP contribution is 2.24. The largest absolute Gasteiger partial charge is 0.356 e. The van der Waals surface area contributed by atoms with Crippen molar-refractivity contribution in [1.82, 2.24) is 9.80 Å². The van der Waals surface area contributed by atoms with Gasteiger partial charge in [0.1, 0.15) is 6.17 Å². The van der Waals surface area contributed by atoms with E-state index in [0.29, 0.717) is 6.17 Å². The van der Waals surface area contributed by atoms with Crippen LogP contribution >= 0.6 is 0 Å². The van der Waals surface area contributed by atoms with Crippen LogP contribution in [0.25, 0.3) is 0 Å². The molecule has 0 saturated heterocycles. The number of unbranched alkanes of at least 4 members (excludes halogenated alkanes) is 38. The van der Waals surface area contributed by atoms with Crippen LogP contribution in [0.2, 0.25) is 0 Å². The van der Waals surface area contributed by atoms with E-state index in [4.69, 9.17) is 0 Å². The van der Waals surface area contributed by atoms with Gasteiger partial charge in [0.25, 0.3) is 0 Å². The quantitative estimate of drug-likeness (QED) is 0.0576. The summed E-state index contributed by atoms with van der Waals surface area (Å²) in [5.74, 6) is 0. The van der Waals surface area contributed by atoms with Crippen LogP contribution in [0.3, 0.4) is 0 Å². The summed E-state index contributed by atoms with van der Waals surface area (Å²) in [5, 5.41) is 0. The Morgan fingerprint density at radius 1 is 0.250 bits per heavy atom. The summed E-state index contributed by atoms with van der Waals surface area (Å²) < 4.78 is 0. The average Bonchev–Trinajstić information content (AvgIpc) is 3.54. The molecule has 0 amide bonds. The first kappa shape index (κ1) is 49.4. The molecule has 0 aromatic rings. The zero-order chi connectivity index (χ0) is 37.3. The molecule has 1 heterocycles. The van der Waals surface area contributed by atoms with Crippen LogP contribution < -0.4 is 0 Å². The van der Waals surface area contributed by atoms with Gasteiger partial charge in [-0.3, -0.25) is 0 Å². The number of hydrogen-bond acceptors (Lipinski definition) is 2. The zero-order valence-corrected chi connectivity index (χ0v) is 36.7. The van der Waals surface area contributed by atoms with E-state index in [0.717, 1.165) is 0 Å². The van der Waals surface area contributed by atoms with Crippen LogP contribution in [-0.2, 0) is 0 Å². The molecular weight excluding hydrogens is 629 g/mol. The lowest BCUT2D eigenvalue weighted by molar-refractivity contribution is 0.135. The van der Waals surface area contributed by atoms with Crippen LogP contribution in [0, 0.1) is 0 Å². The molecule has 0 radical (unpaired) electrons. The maximum Gasteiger partial charge on any atom is 0.101 e. The Balaban J connectivity index is 2.12. The molecule has 0 spiro atoms. The summed E-state index contributed by atoms with van der Waals surface area (Å²) in [5.41, 5.74) is 0. The van der Waals surface area contributed by atoms with Crippen LogP contribution in [0.15, 0.2) is 12.4 Å². The second-order valence-corrected chi connectivity index (χ2v) is 17.5. The van der Waals surface area contributed by atoms with Gasteiger partial charge in [-0.05, 0) is 25.7 Å². The summed E-state index contributed by atoms with van der Waals surface area (Å²) in [6.45, 7) is 9.50. The van der Waals surface area contributed by atoms with Gasteiger partial charge in [-0.25, -0.2) is 0 Å². The van der Waals surface area contributed by atoms with Gasteiger partial charge in [-0.15, -0.1) is 0 Å². The predicted molar refractivity (Wildman–Crippen MR) is 237 cm³/mol. The second kappa shape index (κ2) is 41.5. The fourth-order valence-corrected chi connectivity index (χ4v) is 8.66. The molecule has 1 aliphatic rings. The Morgan fingerprint density at radius 2 is 0.442 bits per heavy atom. The number of rotatable bonds is 44. The fourth-order valence-electron chi connectivity index (χ4n) is 8.66. The third-order valence-corrected chi connectivity index (χ3v) is 12.3. The molecule has 0 fully saturated rings. The van der Waals surface area contributed by atoms with E-state index in [1.165, 1.54) is 283 Å². The van der Waals surface area contributed by atoms with E-state index < -0.39 is 0 Å². The van der Waals surface area contributed by atoms with Crippen LogP contribution in [0.1, 0.15) is 290 Å². The molecule has 0 aromatic heterocycles. The Hall–Kier alpha value is -0.660. The molecule has 1 atom stereocenters. The van der Waals surface area contributed by atoms with Gasteiger partial charge in [0.15, 0.2) is 0 Å². The maximum absolute atomic E-state index is 2.74. The van der Waals surface area contributed by atoms with E-state index >= 15 is 0 Å². The van der Waals surface area contributed by atoms with Gasteiger partial charge in [0, 0.05) is 25.5 Å². The molecule has 2 heteroatoms. The van der Waals surface area contributed by atoms with E-state index in [1.807, 2.05) is 0 Å². The molecule has 2 nitrogen and oxygen atoms in total. The average molecular weight is 729 g/mol. The van der Waals surface area contributed by atoms with E-state index in [1.54, 1.807) is 0 Å². The summed E-state index contributed by atoms with van der Waals surface area (Å²) in [6, 6.07) is 0. The van der Waals surface area contributed by atoms with Crippen molar-refractivity contribution in [2.24, 2.45) is 0 Å². The van der Waals surface area contributed by atoms with Crippen molar-refractivity contribution in [3.05, 3.63) is 12.4 Å². The number of nitrogens with zero attached hydrogens (tertiary/aromatic N) is 2. The molecule has 52 heavy (non-hydrogen) atoms. The Labute approximate surface area is 330 Å². The first-order valence-corrected chi connectivity index (χ1v) is 25.0. The third-order valence-electron chi connectivity index (χ3n) is 12.3. The molecule has 0 aliphatic carbocycles. The number of hydrogen-bond donors (Lipinski definition) is 0. The molecule has 0 saturated carbocycles. The monoisotopic (exact) mass is 729 g/mol. The van der Waals surface area contributed by atoms with Gasteiger partial charge in [0.05, 0.1) is 0 Å². The zero-order valence-electron chi connectivity index (χ0n) is 36.7. The maximum atomic E-state index is 2.74. The van der Waals surface area contributed by atoms with E-state index in [-0.39, 0.29) is 0 Å². The highest BCUT2D eigenvalue weighted by molar-refractivity contribution is 4.97. The highest BCUT2D eigenvalue weighted by atomic mass is 15.4. The minimum absolute atomic E-state index is 0.637. The normalized spacial score (nSPS) is 14.4. The van der Waals surface area contributed by atoms with Gasteiger partial charge in [-0.2, -0.15) is 0 Å². The van der Waals surface area contributed by atoms with Crippen molar-refractivity contribution >= 4 is 0 Å². The Bertz CT molecular complexity index is 688. The van der Waals surface area contributed by atoms with Crippen molar-refractivity contribution in [2.45, 2.75) is 297 Å². The molecular formula is C50H100N2. The topological polar surface area (TPSA) is 6.48 Å². The molecule has 0 aromatic carbocycles. The van der Waals surface area contributed by atoms with E-state index in [9.17, 15) is 0 Å². The Kier molecular flexibility index (Phi) is 39.4. The molecule has 1 rings (SSSR count). The predicted octanol–water partition coefficient (Wildman–Crippen LogP) is 17.8. The van der Waals surface area contributed by atoms with Gasteiger partial charge < -0.3 is 9.80 Å². The van der Waals surface area contributed by atoms with Gasteiger partial charge in [-0.1, -0.05) is 265 Å². The lowest BCUT2D eigenvalue weighted by atomic mass is 10.0. The molecule has 1 unspecified atom stereocenters. The highest BCUT2D eigenvalue weighted by Gasteiger charge is 2.24. The standard InChI is InChI=1S/C50H100N2/c1-4-7-10-13-16-19-21-23-25-27-29-31-33-35-38-41-44-47-52-49-48-51(50(52)45-42-39-36-18-15-12-9-6-3)46-43-40-37-34-32-30-28-26-24-22-20-17-14-11-8-5-2/h48-50H,4-47H2,1-3H3. The van der Waals surface area contributed by atoms with Crippen molar-refractivity contribution in [1.29, 1.82) is 0 Å². The summed E-state index contributed by atoms with van der Waals surface area (Å²) in [7, 11) is 0. The lowest BCUT2D eigenvalue weighted by Gasteiger charge is -2.33. The second-order valence-electron chi connectivity index (χ2n) is 17.5. The molecule has 0 N–H and O–H groups in total. The van der Waals surface area contributed by atoms with E-state index in [2.05, 4.69) is 43.0 Å². The third kappa shape index (κ3) is 32.7. The minimum Gasteiger partial charge on any atom is -0.356 e. The van der Waals surface area contributed by atoms with Gasteiger partial charge >= 0.3 is 0 Å². The Morgan fingerprint density at radius 3 is 0.673 bits per heavy atom. The minimum atomic E-state index is 0.637. The van der Waals surface area contributed by atoms with Crippen molar-refractivity contribution in [3.8, 4) is 0 Å². The molecule has 310 valence electrons. The van der Waals surface area contributed by atoms with Crippen LogP contribution in [-0.4, -0.2) is 29.1 Å². The summed E-state index contributed by atoms with van der Waals surface area (Å²) >= 11 is 0. The SMILES string of the molecule is CCCCCCCCCCCCCCCCCCCN1C=CN(CCCCCCCCCCCCCCCCCC)C1CCCCCCCCCC. The van der Waals surface area contributed by atoms with Crippen LogP contribution in [0.4, 0.5) is 0 Å². The summed E-state index contributed by atoms with van der Waals surface area (Å²) in [4.78, 5) is 5.47.